The fourth-order valence-corrected chi connectivity index (χ4v) is 3.43. The molecule has 1 aromatic carbocycles. The third kappa shape index (κ3) is 2.89. The maximum absolute atomic E-state index is 3.37. The van der Waals surface area contributed by atoms with Gasteiger partial charge >= 0.3 is 0 Å². The smallest absolute Gasteiger partial charge is 0.0499 e. The van der Waals surface area contributed by atoms with Crippen molar-refractivity contribution >= 4 is 10.9 Å². The highest BCUT2D eigenvalue weighted by atomic mass is 15.2. The normalized spacial score (nSPS) is 20.2. The predicted octanol–water partition coefficient (Wildman–Crippen LogP) is 2.94. The number of hydrogen-bond donors (Lipinski definition) is 1. The summed E-state index contributed by atoms with van der Waals surface area (Å²) in [6, 6.07) is 8.72. The zero-order chi connectivity index (χ0) is 13.9. The first-order valence-corrected chi connectivity index (χ1v) is 7.72. The molecule has 3 heteroatoms. The number of rotatable bonds is 5. The molecule has 2 aromatic rings. The van der Waals surface area contributed by atoms with E-state index in [0.717, 1.165) is 12.5 Å². The highest BCUT2D eigenvalue weighted by Gasteiger charge is 2.22. The minimum Gasteiger partial charge on any atom is -0.361 e. The van der Waals surface area contributed by atoms with Crippen LogP contribution in [0.3, 0.4) is 0 Å². The van der Waals surface area contributed by atoms with Crippen LogP contribution in [-0.2, 0) is 6.54 Å². The average molecular weight is 271 g/mol. The molecule has 1 N–H and O–H groups in total. The monoisotopic (exact) mass is 271 g/mol. The van der Waals surface area contributed by atoms with Gasteiger partial charge in [0.2, 0.25) is 0 Å². The first kappa shape index (κ1) is 13.7. The standard InChI is InChI=1S/C17H25N3/c1-3-20-10-8-14(12-20)11-19(2)13-16-6-4-5-15-7-9-18-17(15)16/h4-7,9,14,18H,3,8,10-13H2,1-2H3. The highest BCUT2D eigenvalue weighted by Crippen LogP contribution is 2.20. The fourth-order valence-electron chi connectivity index (χ4n) is 3.43. The van der Waals surface area contributed by atoms with E-state index in [-0.39, 0.29) is 0 Å². The summed E-state index contributed by atoms with van der Waals surface area (Å²) in [5.41, 5.74) is 2.70. The van der Waals surface area contributed by atoms with Crippen LogP contribution >= 0.6 is 0 Å². The Morgan fingerprint density at radius 2 is 2.25 bits per heavy atom. The predicted molar refractivity (Wildman–Crippen MR) is 84.9 cm³/mol. The van der Waals surface area contributed by atoms with Gasteiger partial charge in [0, 0.05) is 31.3 Å². The molecule has 0 aliphatic carbocycles. The van der Waals surface area contributed by atoms with Crippen molar-refractivity contribution in [1.82, 2.24) is 14.8 Å². The summed E-state index contributed by atoms with van der Waals surface area (Å²) in [6.07, 6.45) is 3.38. The average Bonchev–Trinajstić information content (AvgIpc) is 3.07. The van der Waals surface area contributed by atoms with Crippen LogP contribution in [-0.4, -0.2) is 48.0 Å². The zero-order valence-electron chi connectivity index (χ0n) is 12.6. The summed E-state index contributed by atoms with van der Waals surface area (Å²) >= 11 is 0. The van der Waals surface area contributed by atoms with Gasteiger partial charge in [-0.15, -0.1) is 0 Å². The van der Waals surface area contributed by atoms with Crippen LogP contribution in [0.1, 0.15) is 18.9 Å². The molecule has 0 spiro atoms. The van der Waals surface area contributed by atoms with Gasteiger partial charge < -0.3 is 14.8 Å². The third-order valence-corrected chi connectivity index (χ3v) is 4.50. The molecule has 3 nitrogen and oxygen atoms in total. The minimum absolute atomic E-state index is 0.836. The molecule has 1 fully saturated rings. The number of likely N-dealkylation sites (tertiary alicyclic amines) is 1. The van der Waals surface area contributed by atoms with E-state index in [2.05, 4.69) is 53.0 Å². The van der Waals surface area contributed by atoms with E-state index < -0.39 is 0 Å². The summed E-state index contributed by atoms with van der Waals surface area (Å²) in [5.74, 6) is 0.836. The van der Waals surface area contributed by atoms with E-state index in [4.69, 9.17) is 0 Å². The number of nitrogens with zero attached hydrogens (tertiary/aromatic N) is 2. The lowest BCUT2D eigenvalue weighted by atomic mass is 10.1. The number of nitrogens with one attached hydrogen (secondary N) is 1. The quantitative estimate of drug-likeness (QED) is 0.903. The van der Waals surface area contributed by atoms with Gasteiger partial charge in [0.25, 0.3) is 0 Å². The number of aromatic nitrogens is 1. The molecule has 3 rings (SSSR count). The molecule has 1 unspecified atom stereocenters. The Bertz CT molecular complexity index is 560. The number of para-hydroxylation sites is 1. The van der Waals surface area contributed by atoms with Crippen LogP contribution < -0.4 is 0 Å². The van der Waals surface area contributed by atoms with Crippen molar-refractivity contribution in [3.05, 3.63) is 36.0 Å². The van der Waals surface area contributed by atoms with Crippen LogP contribution in [0.4, 0.5) is 0 Å². The Kier molecular flexibility index (Phi) is 4.08. The van der Waals surface area contributed by atoms with E-state index in [1.165, 1.54) is 49.1 Å². The number of fused-ring (bicyclic) bond motifs is 1. The molecule has 1 atom stereocenters. The lowest BCUT2D eigenvalue weighted by Gasteiger charge is -2.21. The topological polar surface area (TPSA) is 22.3 Å². The van der Waals surface area contributed by atoms with Gasteiger partial charge in [-0.1, -0.05) is 25.1 Å². The molecule has 0 bridgehead atoms. The van der Waals surface area contributed by atoms with Crippen LogP contribution in [0.2, 0.25) is 0 Å². The first-order chi connectivity index (χ1) is 9.76. The van der Waals surface area contributed by atoms with Crippen molar-refractivity contribution in [3.63, 3.8) is 0 Å². The largest absolute Gasteiger partial charge is 0.361 e. The van der Waals surface area contributed by atoms with Crippen molar-refractivity contribution in [1.29, 1.82) is 0 Å². The van der Waals surface area contributed by atoms with Gasteiger partial charge in [-0.25, -0.2) is 0 Å². The van der Waals surface area contributed by atoms with Crippen molar-refractivity contribution in [2.45, 2.75) is 19.9 Å². The summed E-state index contributed by atoms with van der Waals surface area (Å²) in [4.78, 5) is 8.40. The highest BCUT2D eigenvalue weighted by molar-refractivity contribution is 5.82. The zero-order valence-corrected chi connectivity index (χ0v) is 12.6. The Balaban J connectivity index is 1.61. The number of H-pyrrole nitrogens is 1. The van der Waals surface area contributed by atoms with Gasteiger partial charge in [-0.05, 0) is 49.5 Å². The van der Waals surface area contributed by atoms with Crippen LogP contribution in [0, 0.1) is 5.92 Å². The summed E-state index contributed by atoms with van der Waals surface area (Å²) in [7, 11) is 2.25. The van der Waals surface area contributed by atoms with E-state index in [1.54, 1.807) is 0 Å². The van der Waals surface area contributed by atoms with Gasteiger partial charge in [0.15, 0.2) is 0 Å². The molecule has 108 valence electrons. The molecular formula is C17H25N3. The molecule has 20 heavy (non-hydrogen) atoms. The van der Waals surface area contributed by atoms with Gasteiger partial charge in [0.1, 0.15) is 0 Å². The molecule has 1 aromatic heterocycles. The van der Waals surface area contributed by atoms with E-state index in [1.807, 2.05) is 6.20 Å². The van der Waals surface area contributed by atoms with Crippen molar-refractivity contribution in [2.24, 2.45) is 5.92 Å². The molecule has 0 amide bonds. The van der Waals surface area contributed by atoms with Crippen molar-refractivity contribution in [3.8, 4) is 0 Å². The SMILES string of the molecule is CCN1CCC(CN(C)Cc2cccc3cc[nH]c23)C1. The number of hydrogen-bond acceptors (Lipinski definition) is 2. The van der Waals surface area contributed by atoms with Gasteiger partial charge in [-0.2, -0.15) is 0 Å². The molecule has 2 heterocycles. The van der Waals surface area contributed by atoms with Crippen molar-refractivity contribution < 1.29 is 0 Å². The molecule has 0 saturated carbocycles. The van der Waals surface area contributed by atoms with Gasteiger partial charge in [0.05, 0.1) is 0 Å². The Morgan fingerprint density at radius 3 is 3.05 bits per heavy atom. The fraction of sp³-hybridized carbons (Fsp3) is 0.529. The molecule has 0 radical (unpaired) electrons. The second-order valence-corrected chi connectivity index (χ2v) is 6.10. The number of aromatic amines is 1. The molecule has 1 aliphatic heterocycles. The van der Waals surface area contributed by atoms with Gasteiger partial charge in [-0.3, -0.25) is 0 Å². The maximum Gasteiger partial charge on any atom is 0.0499 e. The Labute approximate surface area is 121 Å². The molecule has 1 aliphatic rings. The second-order valence-electron chi connectivity index (χ2n) is 6.10. The van der Waals surface area contributed by atoms with Crippen LogP contribution in [0.15, 0.2) is 30.5 Å². The summed E-state index contributed by atoms with van der Waals surface area (Å²) in [5, 5.41) is 1.31. The summed E-state index contributed by atoms with van der Waals surface area (Å²) in [6.45, 7) is 8.24. The van der Waals surface area contributed by atoms with E-state index in [9.17, 15) is 0 Å². The second kappa shape index (κ2) is 5.98. The van der Waals surface area contributed by atoms with Crippen LogP contribution in [0.25, 0.3) is 10.9 Å². The van der Waals surface area contributed by atoms with Crippen molar-refractivity contribution in [2.75, 3.05) is 33.2 Å². The molecule has 1 saturated heterocycles. The van der Waals surface area contributed by atoms with E-state index in [0.29, 0.717) is 0 Å². The Hall–Kier alpha value is -1.32. The minimum atomic E-state index is 0.836. The summed E-state index contributed by atoms with van der Waals surface area (Å²) < 4.78 is 0. The maximum atomic E-state index is 3.37. The number of benzene rings is 1. The van der Waals surface area contributed by atoms with E-state index >= 15 is 0 Å². The molecular weight excluding hydrogens is 246 g/mol. The van der Waals surface area contributed by atoms with Crippen LogP contribution in [0.5, 0.6) is 0 Å². The Morgan fingerprint density at radius 1 is 1.35 bits per heavy atom. The lowest BCUT2D eigenvalue weighted by molar-refractivity contribution is 0.261. The third-order valence-electron chi connectivity index (χ3n) is 4.50. The first-order valence-electron chi connectivity index (χ1n) is 7.72. The lowest BCUT2D eigenvalue weighted by Crippen LogP contribution is -2.28.